The molecule has 0 unspecified atom stereocenters. The highest BCUT2D eigenvalue weighted by atomic mass is 35.5. The first-order chi connectivity index (χ1) is 13.5. The van der Waals surface area contributed by atoms with Crippen LogP contribution in [0.1, 0.15) is 10.4 Å². The number of rotatable bonds is 5. The molecule has 0 saturated carbocycles. The Kier molecular flexibility index (Phi) is 6.23. The third-order valence-corrected chi connectivity index (χ3v) is 4.84. The predicted molar refractivity (Wildman–Crippen MR) is 106 cm³/mol. The van der Waals surface area contributed by atoms with Crippen molar-refractivity contribution in [3.63, 3.8) is 0 Å². The minimum Gasteiger partial charge on any atom is -0.336 e. The fourth-order valence-corrected chi connectivity index (χ4v) is 3.23. The molecule has 1 aliphatic heterocycles. The molecule has 28 heavy (non-hydrogen) atoms. The number of para-hydroxylation sites is 2. The summed E-state index contributed by atoms with van der Waals surface area (Å²) in [5, 5.41) is 14.4. The van der Waals surface area contributed by atoms with Crippen molar-refractivity contribution in [2.75, 3.05) is 38.0 Å². The number of nitro groups is 1. The van der Waals surface area contributed by atoms with Crippen LogP contribution in [0.4, 0.5) is 11.4 Å². The van der Waals surface area contributed by atoms with Crippen molar-refractivity contribution in [2.45, 2.75) is 0 Å². The molecule has 146 valence electrons. The van der Waals surface area contributed by atoms with Crippen molar-refractivity contribution in [1.82, 2.24) is 9.80 Å². The van der Waals surface area contributed by atoms with E-state index in [-0.39, 0.29) is 29.6 Å². The summed E-state index contributed by atoms with van der Waals surface area (Å²) in [6.07, 6.45) is 0. The molecule has 1 N–H and O–H groups in total. The molecule has 2 amide bonds. The van der Waals surface area contributed by atoms with Gasteiger partial charge in [0.2, 0.25) is 5.91 Å². The monoisotopic (exact) mass is 402 g/mol. The van der Waals surface area contributed by atoms with Gasteiger partial charge in [-0.2, -0.15) is 0 Å². The molecule has 1 aliphatic rings. The largest absolute Gasteiger partial charge is 0.336 e. The predicted octanol–water partition coefficient (Wildman–Crippen LogP) is 2.64. The number of hydrogen-bond acceptors (Lipinski definition) is 5. The zero-order valence-corrected chi connectivity index (χ0v) is 15.8. The average Bonchev–Trinajstić information content (AvgIpc) is 2.69. The van der Waals surface area contributed by atoms with Gasteiger partial charge in [-0.1, -0.05) is 35.9 Å². The second-order valence-corrected chi connectivity index (χ2v) is 6.78. The first kappa shape index (κ1) is 19.8. The van der Waals surface area contributed by atoms with Crippen LogP contribution in [0.25, 0.3) is 0 Å². The van der Waals surface area contributed by atoms with Crippen molar-refractivity contribution in [1.29, 1.82) is 0 Å². The number of nitrogens with one attached hydrogen (secondary N) is 1. The topological polar surface area (TPSA) is 95.8 Å². The van der Waals surface area contributed by atoms with Crippen LogP contribution in [0, 0.1) is 10.1 Å². The zero-order valence-electron chi connectivity index (χ0n) is 15.0. The van der Waals surface area contributed by atoms with Gasteiger partial charge in [-0.15, -0.1) is 0 Å². The van der Waals surface area contributed by atoms with Gasteiger partial charge in [0.25, 0.3) is 11.6 Å². The van der Waals surface area contributed by atoms with Crippen LogP contribution in [0.3, 0.4) is 0 Å². The minimum absolute atomic E-state index is 0.0809. The van der Waals surface area contributed by atoms with E-state index in [1.165, 1.54) is 18.2 Å². The van der Waals surface area contributed by atoms with Crippen molar-refractivity contribution in [2.24, 2.45) is 0 Å². The molecule has 0 spiro atoms. The SMILES string of the molecule is O=C(CN1CCN(C(=O)c2ccccc2[N+](=O)[O-])CC1)Nc1ccccc1Cl. The van der Waals surface area contributed by atoms with Crippen LogP contribution in [-0.4, -0.2) is 59.3 Å². The third kappa shape index (κ3) is 4.65. The normalized spacial score (nSPS) is 14.5. The second-order valence-electron chi connectivity index (χ2n) is 6.37. The van der Waals surface area contributed by atoms with E-state index in [4.69, 9.17) is 11.6 Å². The Bertz CT molecular complexity index is 897. The van der Waals surface area contributed by atoms with E-state index in [0.29, 0.717) is 36.9 Å². The van der Waals surface area contributed by atoms with E-state index in [2.05, 4.69) is 5.32 Å². The molecule has 2 aromatic rings. The van der Waals surface area contributed by atoms with E-state index >= 15 is 0 Å². The lowest BCUT2D eigenvalue weighted by Crippen LogP contribution is -2.50. The molecule has 8 nitrogen and oxygen atoms in total. The Morgan fingerprint density at radius 3 is 2.36 bits per heavy atom. The fourth-order valence-electron chi connectivity index (χ4n) is 3.05. The lowest BCUT2D eigenvalue weighted by Gasteiger charge is -2.34. The molecule has 1 heterocycles. The van der Waals surface area contributed by atoms with Crippen molar-refractivity contribution in [3.8, 4) is 0 Å². The van der Waals surface area contributed by atoms with Gasteiger partial charge in [-0.25, -0.2) is 0 Å². The first-order valence-electron chi connectivity index (χ1n) is 8.75. The van der Waals surface area contributed by atoms with Gasteiger partial charge in [-0.05, 0) is 18.2 Å². The van der Waals surface area contributed by atoms with E-state index in [9.17, 15) is 19.7 Å². The highest BCUT2D eigenvalue weighted by Gasteiger charge is 2.27. The van der Waals surface area contributed by atoms with Gasteiger partial charge in [0, 0.05) is 32.2 Å². The Hall–Kier alpha value is -2.97. The maximum atomic E-state index is 12.6. The van der Waals surface area contributed by atoms with Gasteiger partial charge >= 0.3 is 0 Å². The first-order valence-corrected chi connectivity index (χ1v) is 9.13. The Morgan fingerprint density at radius 2 is 1.68 bits per heavy atom. The molecular weight excluding hydrogens is 384 g/mol. The smallest absolute Gasteiger partial charge is 0.282 e. The molecule has 0 aliphatic carbocycles. The molecule has 9 heteroatoms. The molecule has 0 bridgehead atoms. The number of nitro benzene ring substituents is 1. The summed E-state index contributed by atoms with van der Waals surface area (Å²) in [5.41, 5.74) is 0.436. The van der Waals surface area contributed by atoms with E-state index in [1.807, 2.05) is 4.90 Å². The highest BCUT2D eigenvalue weighted by molar-refractivity contribution is 6.33. The second kappa shape index (κ2) is 8.81. The van der Waals surface area contributed by atoms with Crippen molar-refractivity contribution < 1.29 is 14.5 Å². The molecule has 0 radical (unpaired) electrons. The number of carbonyl (C=O) groups is 2. The van der Waals surface area contributed by atoms with Gasteiger partial charge in [-0.3, -0.25) is 24.6 Å². The molecule has 2 aromatic carbocycles. The number of nitrogens with zero attached hydrogens (tertiary/aromatic N) is 3. The molecule has 0 aromatic heterocycles. The summed E-state index contributed by atoms with van der Waals surface area (Å²) in [7, 11) is 0. The van der Waals surface area contributed by atoms with Gasteiger partial charge in [0.05, 0.1) is 22.2 Å². The van der Waals surface area contributed by atoms with E-state index in [0.717, 1.165) is 0 Å². The number of halogens is 1. The standard InChI is InChI=1S/C19H19ClN4O4/c20-15-6-2-3-7-16(15)21-18(25)13-22-9-11-23(12-10-22)19(26)14-5-1-4-8-17(14)24(27)28/h1-8H,9-13H2,(H,21,25). The summed E-state index contributed by atoms with van der Waals surface area (Å²) in [6, 6.07) is 12.9. The number of hydrogen-bond donors (Lipinski definition) is 1. The van der Waals surface area contributed by atoms with Crippen LogP contribution in [-0.2, 0) is 4.79 Å². The lowest BCUT2D eigenvalue weighted by molar-refractivity contribution is -0.385. The minimum atomic E-state index is -0.553. The highest BCUT2D eigenvalue weighted by Crippen LogP contribution is 2.21. The molecule has 1 saturated heterocycles. The van der Waals surface area contributed by atoms with Crippen LogP contribution in [0.5, 0.6) is 0 Å². The van der Waals surface area contributed by atoms with Crippen LogP contribution in [0.15, 0.2) is 48.5 Å². The zero-order chi connectivity index (χ0) is 20.1. The lowest BCUT2D eigenvalue weighted by atomic mass is 10.1. The number of amides is 2. The molecule has 3 rings (SSSR count). The maximum absolute atomic E-state index is 12.6. The average molecular weight is 403 g/mol. The van der Waals surface area contributed by atoms with Gasteiger partial charge in [0.15, 0.2) is 0 Å². The van der Waals surface area contributed by atoms with Crippen LogP contribution >= 0.6 is 11.6 Å². The quantitative estimate of drug-likeness (QED) is 0.612. The molecule has 1 fully saturated rings. The van der Waals surface area contributed by atoms with Crippen molar-refractivity contribution >= 4 is 34.8 Å². The Labute approximate surface area is 166 Å². The summed E-state index contributed by atoms with van der Waals surface area (Å²) < 4.78 is 0. The van der Waals surface area contributed by atoms with Gasteiger partial charge in [0.1, 0.15) is 5.56 Å². The van der Waals surface area contributed by atoms with E-state index < -0.39 is 4.92 Å². The molecule has 0 atom stereocenters. The number of carbonyl (C=O) groups excluding carboxylic acids is 2. The van der Waals surface area contributed by atoms with Crippen LogP contribution < -0.4 is 5.32 Å². The molecular formula is C19H19ClN4O4. The van der Waals surface area contributed by atoms with Crippen molar-refractivity contribution in [3.05, 3.63) is 69.2 Å². The maximum Gasteiger partial charge on any atom is 0.282 e. The number of anilines is 1. The summed E-state index contributed by atoms with van der Waals surface area (Å²) in [5.74, 6) is -0.556. The van der Waals surface area contributed by atoms with E-state index in [1.54, 1.807) is 35.2 Å². The summed E-state index contributed by atoms with van der Waals surface area (Å²) in [6.45, 7) is 1.97. The third-order valence-electron chi connectivity index (χ3n) is 4.51. The number of piperazine rings is 1. The summed E-state index contributed by atoms with van der Waals surface area (Å²) in [4.78, 5) is 38.9. The van der Waals surface area contributed by atoms with Gasteiger partial charge < -0.3 is 10.2 Å². The Morgan fingerprint density at radius 1 is 1.04 bits per heavy atom. The Balaban J connectivity index is 1.55. The van der Waals surface area contributed by atoms with Crippen LogP contribution in [0.2, 0.25) is 5.02 Å². The fraction of sp³-hybridized carbons (Fsp3) is 0.263. The summed E-state index contributed by atoms with van der Waals surface area (Å²) >= 11 is 6.04. The number of benzene rings is 2.